The number of hydrogen-bond acceptors (Lipinski definition) is 3. The maximum atomic E-state index is 5.74. The van der Waals surface area contributed by atoms with E-state index in [2.05, 4.69) is 23.1 Å². The van der Waals surface area contributed by atoms with E-state index in [1.54, 1.807) is 7.11 Å². The van der Waals surface area contributed by atoms with Gasteiger partial charge in [0.25, 0.3) is 0 Å². The fraction of sp³-hybridized carbons (Fsp3) is 0.667. The van der Waals surface area contributed by atoms with Crippen LogP contribution in [-0.2, 0) is 13.1 Å². The molecule has 0 atom stereocenters. The van der Waals surface area contributed by atoms with Crippen LogP contribution in [0, 0.1) is 5.41 Å². The maximum Gasteiger partial charge on any atom is 0.123 e. The molecule has 0 aromatic heterocycles. The van der Waals surface area contributed by atoms with Crippen molar-refractivity contribution in [1.29, 1.82) is 0 Å². The van der Waals surface area contributed by atoms with Crippen molar-refractivity contribution in [3.8, 4) is 5.75 Å². The van der Waals surface area contributed by atoms with E-state index in [1.807, 2.05) is 0 Å². The van der Waals surface area contributed by atoms with Crippen molar-refractivity contribution in [1.82, 2.24) is 4.90 Å². The highest BCUT2D eigenvalue weighted by Gasteiger charge is 2.36. The van der Waals surface area contributed by atoms with Crippen LogP contribution in [-0.4, -0.2) is 25.1 Å². The van der Waals surface area contributed by atoms with E-state index in [4.69, 9.17) is 10.5 Å². The molecule has 1 saturated heterocycles. The Morgan fingerprint density at radius 3 is 2.48 bits per heavy atom. The minimum absolute atomic E-state index is 0.537. The molecule has 0 amide bonds. The van der Waals surface area contributed by atoms with Crippen LogP contribution < -0.4 is 10.5 Å². The molecule has 116 valence electrons. The minimum Gasteiger partial charge on any atom is -0.496 e. The second kappa shape index (κ2) is 6.37. The van der Waals surface area contributed by atoms with E-state index in [0.29, 0.717) is 12.0 Å². The van der Waals surface area contributed by atoms with E-state index >= 15 is 0 Å². The number of nitrogens with zero attached hydrogens (tertiary/aromatic N) is 1. The standard InChI is InChI=1S/C18H28N2O/c1-21-17-12-15(4-5-16(17)13-19)14-20-10-8-18(9-11-20)6-2-3-7-18/h4-5,12H,2-3,6-11,13-14,19H2,1H3. The van der Waals surface area contributed by atoms with Gasteiger partial charge in [0.15, 0.2) is 0 Å². The molecule has 2 aliphatic rings. The SMILES string of the molecule is COc1cc(CN2CCC3(CCCC3)CC2)ccc1CN. The molecule has 0 unspecified atom stereocenters. The summed E-state index contributed by atoms with van der Waals surface area (Å²) >= 11 is 0. The molecule has 2 fully saturated rings. The average Bonchev–Trinajstić information content (AvgIpc) is 2.98. The number of benzene rings is 1. The smallest absolute Gasteiger partial charge is 0.123 e. The fourth-order valence-corrected chi connectivity index (χ4v) is 4.12. The molecule has 1 aliphatic heterocycles. The predicted octanol–water partition coefficient (Wildman–Crippen LogP) is 3.31. The molecule has 21 heavy (non-hydrogen) atoms. The number of nitrogens with two attached hydrogens (primary N) is 1. The summed E-state index contributed by atoms with van der Waals surface area (Å²) in [5, 5.41) is 0. The highest BCUT2D eigenvalue weighted by atomic mass is 16.5. The summed E-state index contributed by atoms with van der Waals surface area (Å²) in [6, 6.07) is 6.46. The lowest BCUT2D eigenvalue weighted by Gasteiger charge is -2.39. The van der Waals surface area contributed by atoms with Crippen molar-refractivity contribution >= 4 is 0 Å². The summed E-state index contributed by atoms with van der Waals surface area (Å²) < 4.78 is 5.44. The van der Waals surface area contributed by atoms with E-state index < -0.39 is 0 Å². The lowest BCUT2D eigenvalue weighted by molar-refractivity contribution is 0.103. The second-order valence-electron chi connectivity index (χ2n) is 6.83. The van der Waals surface area contributed by atoms with Gasteiger partial charge < -0.3 is 10.5 Å². The van der Waals surface area contributed by atoms with Gasteiger partial charge in [0.1, 0.15) is 5.75 Å². The van der Waals surface area contributed by atoms with Gasteiger partial charge in [0.05, 0.1) is 7.11 Å². The van der Waals surface area contributed by atoms with Crippen molar-refractivity contribution in [2.75, 3.05) is 20.2 Å². The Morgan fingerprint density at radius 2 is 1.86 bits per heavy atom. The number of rotatable bonds is 4. The Balaban J connectivity index is 1.60. The normalized spacial score (nSPS) is 21.8. The van der Waals surface area contributed by atoms with Crippen molar-refractivity contribution in [3.63, 3.8) is 0 Å². The van der Waals surface area contributed by atoms with Crippen molar-refractivity contribution in [3.05, 3.63) is 29.3 Å². The Morgan fingerprint density at radius 1 is 1.14 bits per heavy atom. The first kappa shape index (κ1) is 14.9. The first-order valence-electron chi connectivity index (χ1n) is 8.33. The molecular formula is C18H28N2O. The number of methoxy groups -OCH3 is 1. The van der Waals surface area contributed by atoms with Crippen molar-refractivity contribution < 1.29 is 4.74 Å². The van der Waals surface area contributed by atoms with Crippen LogP contribution in [0.25, 0.3) is 0 Å². The molecule has 0 radical (unpaired) electrons. The van der Waals surface area contributed by atoms with Gasteiger partial charge in [0, 0.05) is 18.7 Å². The van der Waals surface area contributed by atoms with E-state index in [0.717, 1.165) is 17.9 Å². The number of ether oxygens (including phenoxy) is 1. The Hall–Kier alpha value is -1.06. The highest BCUT2D eigenvalue weighted by Crippen LogP contribution is 2.46. The van der Waals surface area contributed by atoms with Crippen LogP contribution in [0.1, 0.15) is 49.7 Å². The van der Waals surface area contributed by atoms with Gasteiger partial charge in [-0.25, -0.2) is 0 Å². The third-order valence-electron chi connectivity index (χ3n) is 5.56. The molecular weight excluding hydrogens is 260 g/mol. The zero-order valence-corrected chi connectivity index (χ0v) is 13.2. The van der Waals surface area contributed by atoms with Gasteiger partial charge in [-0.2, -0.15) is 0 Å². The van der Waals surface area contributed by atoms with E-state index in [9.17, 15) is 0 Å². The van der Waals surface area contributed by atoms with Gasteiger partial charge in [-0.3, -0.25) is 4.90 Å². The molecule has 1 saturated carbocycles. The molecule has 1 heterocycles. The molecule has 1 aromatic carbocycles. The van der Waals surface area contributed by atoms with Gasteiger partial charge in [-0.05, 0) is 55.8 Å². The zero-order chi connectivity index (χ0) is 14.7. The second-order valence-corrected chi connectivity index (χ2v) is 6.83. The number of hydrogen-bond donors (Lipinski definition) is 1. The lowest BCUT2D eigenvalue weighted by Crippen LogP contribution is -2.38. The number of piperidine rings is 1. The summed E-state index contributed by atoms with van der Waals surface area (Å²) in [5.41, 5.74) is 8.87. The first-order chi connectivity index (χ1) is 10.2. The molecule has 3 rings (SSSR count). The van der Waals surface area contributed by atoms with Crippen LogP contribution in [0.2, 0.25) is 0 Å². The molecule has 1 aliphatic carbocycles. The molecule has 2 N–H and O–H groups in total. The first-order valence-corrected chi connectivity index (χ1v) is 8.33. The lowest BCUT2D eigenvalue weighted by atomic mass is 9.77. The summed E-state index contributed by atoms with van der Waals surface area (Å²) in [7, 11) is 1.73. The minimum atomic E-state index is 0.537. The molecule has 1 aromatic rings. The largest absolute Gasteiger partial charge is 0.496 e. The van der Waals surface area contributed by atoms with Gasteiger partial charge in [0.2, 0.25) is 0 Å². The Kier molecular flexibility index (Phi) is 4.51. The van der Waals surface area contributed by atoms with Gasteiger partial charge >= 0.3 is 0 Å². The van der Waals surface area contributed by atoms with E-state index in [-0.39, 0.29) is 0 Å². The topological polar surface area (TPSA) is 38.5 Å². The third kappa shape index (κ3) is 3.24. The van der Waals surface area contributed by atoms with Crippen LogP contribution in [0.4, 0.5) is 0 Å². The molecule has 1 spiro atoms. The fourth-order valence-electron chi connectivity index (χ4n) is 4.12. The van der Waals surface area contributed by atoms with Crippen LogP contribution in [0.3, 0.4) is 0 Å². The van der Waals surface area contributed by atoms with Crippen LogP contribution >= 0.6 is 0 Å². The van der Waals surface area contributed by atoms with Crippen molar-refractivity contribution in [2.45, 2.75) is 51.6 Å². The molecule has 3 heteroatoms. The summed E-state index contributed by atoms with van der Waals surface area (Å²) in [6.45, 7) is 4.08. The maximum absolute atomic E-state index is 5.74. The number of likely N-dealkylation sites (tertiary alicyclic amines) is 1. The van der Waals surface area contributed by atoms with Crippen LogP contribution in [0.5, 0.6) is 5.75 Å². The predicted molar refractivity (Wildman–Crippen MR) is 86.3 cm³/mol. The summed E-state index contributed by atoms with van der Waals surface area (Å²) in [6.07, 6.45) is 8.64. The molecule has 3 nitrogen and oxygen atoms in total. The monoisotopic (exact) mass is 288 g/mol. The Labute approximate surface area is 128 Å². The molecule has 0 bridgehead atoms. The Bertz CT molecular complexity index is 470. The average molecular weight is 288 g/mol. The zero-order valence-electron chi connectivity index (χ0n) is 13.2. The van der Waals surface area contributed by atoms with Gasteiger partial charge in [-0.1, -0.05) is 25.0 Å². The van der Waals surface area contributed by atoms with Crippen molar-refractivity contribution in [2.24, 2.45) is 11.1 Å². The van der Waals surface area contributed by atoms with E-state index in [1.165, 1.54) is 57.2 Å². The van der Waals surface area contributed by atoms with Gasteiger partial charge in [-0.15, -0.1) is 0 Å². The highest BCUT2D eigenvalue weighted by molar-refractivity contribution is 5.37. The van der Waals surface area contributed by atoms with Crippen LogP contribution in [0.15, 0.2) is 18.2 Å². The third-order valence-corrected chi connectivity index (χ3v) is 5.56. The quantitative estimate of drug-likeness (QED) is 0.924. The summed E-state index contributed by atoms with van der Waals surface area (Å²) in [4.78, 5) is 2.60. The summed E-state index contributed by atoms with van der Waals surface area (Å²) in [5.74, 6) is 0.930.